The summed E-state index contributed by atoms with van der Waals surface area (Å²) in [5.41, 5.74) is 0.540. The number of ether oxygens (including phenoxy) is 1. The molecule has 2 rings (SSSR count). The van der Waals surface area contributed by atoms with Gasteiger partial charge in [-0.3, -0.25) is 4.57 Å². The Morgan fingerprint density at radius 1 is 1.29 bits per heavy atom. The fourth-order valence-corrected chi connectivity index (χ4v) is 3.11. The fourth-order valence-electron chi connectivity index (χ4n) is 1.95. The van der Waals surface area contributed by atoms with Crippen LogP contribution in [-0.2, 0) is 9.05 Å². The Balaban J connectivity index is 2.77. The predicted molar refractivity (Wildman–Crippen MR) is 80.4 cm³/mol. The molecule has 0 spiro atoms. The monoisotopic (exact) mass is 349 g/mol. The number of aromatic nitrogens is 3. The molecule has 0 N–H and O–H groups in total. The van der Waals surface area contributed by atoms with Crippen LogP contribution in [0.4, 0.5) is 0 Å². The Kier molecular flexibility index (Phi) is 4.46. The second kappa shape index (κ2) is 5.82. The quantitative estimate of drug-likeness (QED) is 0.792. The van der Waals surface area contributed by atoms with Crippen molar-refractivity contribution in [1.29, 1.82) is 0 Å². The van der Waals surface area contributed by atoms with Gasteiger partial charge in [-0.2, -0.15) is 0 Å². The molecule has 0 atom stereocenters. The van der Waals surface area contributed by atoms with Gasteiger partial charge in [0.25, 0.3) is 14.2 Å². The largest absolute Gasteiger partial charge is 0.496 e. The molecule has 0 unspecified atom stereocenters. The summed E-state index contributed by atoms with van der Waals surface area (Å²) in [5.74, 6) is 0.829. The summed E-state index contributed by atoms with van der Waals surface area (Å²) in [5, 5.41) is 7.78. The van der Waals surface area contributed by atoms with Gasteiger partial charge in [0.05, 0.1) is 12.7 Å². The number of rotatable bonds is 4. The Labute approximate surface area is 132 Å². The third kappa shape index (κ3) is 3.14. The van der Waals surface area contributed by atoms with Crippen molar-refractivity contribution in [2.24, 2.45) is 0 Å². The van der Waals surface area contributed by atoms with Crippen molar-refractivity contribution in [3.63, 3.8) is 0 Å². The zero-order chi connectivity index (χ0) is 15.8. The number of methoxy groups -OCH3 is 1. The lowest BCUT2D eigenvalue weighted by Crippen LogP contribution is -2.10. The third-order valence-corrected chi connectivity index (χ3v) is 4.17. The van der Waals surface area contributed by atoms with Gasteiger partial charge in [-0.1, -0.05) is 11.6 Å². The summed E-state index contributed by atoms with van der Waals surface area (Å²) in [6.45, 7) is 3.60. The van der Waals surface area contributed by atoms with E-state index in [0.29, 0.717) is 22.2 Å². The van der Waals surface area contributed by atoms with Crippen molar-refractivity contribution in [2.45, 2.75) is 25.0 Å². The van der Waals surface area contributed by atoms with E-state index in [1.54, 1.807) is 32.0 Å². The number of hydrogen-bond acceptors (Lipinski definition) is 5. The molecule has 0 aliphatic carbocycles. The Morgan fingerprint density at radius 3 is 2.48 bits per heavy atom. The maximum atomic E-state index is 11.6. The molecule has 0 aliphatic rings. The summed E-state index contributed by atoms with van der Waals surface area (Å²) in [7, 11) is 2.90. The first-order valence-corrected chi connectivity index (χ1v) is 8.68. The van der Waals surface area contributed by atoms with E-state index in [-0.39, 0.29) is 11.2 Å². The SMILES string of the molecule is COc1ccc(Cl)cc1-c1nnc(S(=O)(=O)Cl)n1C(C)C. The summed E-state index contributed by atoms with van der Waals surface area (Å²) < 4.78 is 29.9. The molecule has 2 aromatic rings. The molecule has 0 aliphatic heterocycles. The van der Waals surface area contributed by atoms with Gasteiger partial charge in [-0.25, -0.2) is 8.42 Å². The number of benzene rings is 1. The highest BCUT2D eigenvalue weighted by atomic mass is 35.7. The highest BCUT2D eigenvalue weighted by Gasteiger charge is 2.26. The molecule has 6 nitrogen and oxygen atoms in total. The maximum Gasteiger partial charge on any atom is 0.296 e. The van der Waals surface area contributed by atoms with E-state index in [4.69, 9.17) is 27.0 Å². The first kappa shape index (κ1) is 16.1. The topological polar surface area (TPSA) is 74.1 Å². The normalized spacial score (nSPS) is 11.9. The Morgan fingerprint density at radius 2 is 1.95 bits per heavy atom. The molecule has 0 saturated carbocycles. The van der Waals surface area contributed by atoms with Gasteiger partial charge in [-0.15, -0.1) is 10.2 Å². The van der Waals surface area contributed by atoms with Gasteiger partial charge in [-0.05, 0) is 32.0 Å². The van der Waals surface area contributed by atoms with Gasteiger partial charge in [0.15, 0.2) is 5.82 Å². The minimum Gasteiger partial charge on any atom is -0.496 e. The molecule has 1 aromatic heterocycles. The molecule has 0 amide bonds. The summed E-state index contributed by atoms with van der Waals surface area (Å²) >= 11 is 6.00. The lowest BCUT2D eigenvalue weighted by molar-refractivity contribution is 0.415. The van der Waals surface area contributed by atoms with Crippen molar-refractivity contribution < 1.29 is 13.2 Å². The number of nitrogens with zero attached hydrogens (tertiary/aromatic N) is 3. The van der Waals surface area contributed by atoms with E-state index in [1.165, 1.54) is 11.7 Å². The summed E-state index contributed by atoms with van der Waals surface area (Å²) in [4.78, 5) is 0. The van der Waals surface area contributed by atoms with Crippen molar-refractivity contribution >= 4 is 31.3 Å². The highest BCUT2D eigenvalue weighted by molar-refractivity contribution is 8.13. The lowest BCUT2D eigenvalue weighted by atomic mass is 10.2. The smallest absolute Gasteiger partial charge is 0.296 e. The van der Waals surface area contributed by atoms with Crippen molar-refractivity contribution in [1.82, 2.24) is 14.8 Å². The van der Waals surface area contributed by atoms with Crippen molar-refractivity contribution in [2.75, 3.05) is 7.11 Å². The van der Waals surface area contributed by atoms with E-state index in [9.17, 15) is 8.42 Å². The molecule has 0 bridgehead atoms. The van der Waals surface area contributed by atoms with E-state index < -0.39 is 9.05 Å². The van der Waals surface area contributed by atoms with Crippen LogP contribution in [0.15, 0.2) is 23.4 Å². The summed E-state index contributed by atoms with van der Waals surface area (Å²) in [6, 6.07) is 4.75. The van der Waals surface area contributed by atoms with Gasteiger partial charge in [0, 0.05) is 21.7 Å². The molecule has 21 heavy (non-hydrogen) atoms. The molecule has 0 radical (unpaired) electrons. The maximum absolute atomic E-state index is 11.6. The van der Waals surface area contributed by atoms with Crippen molar-refractivity contribution in [3.05, 3.63) is 23.2 Å². The second-order valence-electron chi connectivity index (χ2n) is 4.55. The fraction of sp³-hybridized carbons (Fsp3) is 0.333. The van der Waals surface area contributed by atoms with E-state index >= 15 is 0 Å². The van der Waals surface area contributed by atoms with Crippen LogP contribution in [0.2, 0.25) is 5.02 Å². The minimum absolute atomic E-state index is 0.220. The van der Waals surface area contributed by atoms with Gasteiger partial charge < -0.3 is 4.74 Å². The second-order valence-corrected chi connectivity index (χ2v) is 7.45. The van der Waals surface area contributed by atoms with Crippen LogP contribution in [-0.4, -0.2) is 30.3 Å². The van der Waals surface area contributed by atoms with Crippen LogP contribution in [0.3, 0.4) is 0 Å². The van der Waals surface area contributed by atoms with Gasteiger partial charge in [0.1, 0.15) is 5.75 Å². The number of hydrogen-bond donors (Lipinski definition) is 0. The van der Waals surface area contributed by atoms with E-state index in [1.807, 2.05) is 0 Å². The first-order valence-electron chi connectivity index (χ1n) is 5.99. The minimum atomic E-state index is -4.01. The standard InChI is InChI=1S/C12H13Cl2N3O3S/c1-7(2)17-11(15-16-12(17)21(14,18)19)9-6-8(13)4-5-10(9)20-3/h4-7H,1-3H3. The molecular formula is C12H13Cl2N3O3S. The molecule has 1 aromatic carbocycles. The van der Waals surface area contributed by atoms with Crippen LogP contribution in [0.1, 0.15) is 19.9 Å². The van der Waals surface area contributed by atoms with Crippen LogP contribution < -0.4 is 4.74 Å². The summed E-state index contributed by atoms with van der Waals surface area (Å²) in [6.07, 6.45) is 0. The van der Waals surface area contributed by atoms with Gasteiger partial charge >= 0.3 is 0 Å². The molecule has 0 fully saturated rings. The van der Waals surface area contributed by atoms with Crippen LogP contribution in [0.25, 0.3) is 11.4 Å². The molecular weight excluding hydrogens is 337 g/mol. The Hall–Kier alpha value is -1.31. The average molecular weight is 350 g/mol. The molecule has 114 valence electrons. The Bertz CT molecular complexity index is 772. The number of halogens is 2. The van der Waals surface area contributed by atoms with Crippen LogP contribution >= 0.6 is 22.3 Å². The average Bonchev–Trinajstić information content (AvgIpc) is 2.83. The van der Waals surface area contributed by atoms with Crippen LogP contribution in [0.5, 0.6) is 5.75 Å². The molecule has 0 saturated heterocycles. The van der Waals surface area contributed by atoms with Crippen molar-refractivity contribution in [3.8, 4) is 17.1 Å². The van der Waals surface area contributed by atoms with E-state index in [2.05, 4.69) is 10.2 Å². The zero-order valence-corrected chi connectivity index (χ0v) is 13.9. The third-order valence-electron chi connectivity index (χ3n) is 2.80. The van der Waals surface area contributed by atoms with Crippen LogP contribution in [0, 0.1) is 0 Å². The first-order chi connectivity index (χ1) is 9.75. The van der Waals surface area contributed by atoms with E-state index in [0.717, 1.165) is 0 Å². The van der Waals surface area contributed by atoms with Gasteiger partial charge in [0.2, 0.25) is 0 Å². The highest BCUT2D eigenvalue weighted by Crippen LogP contribution is 2.34. The molecule has 1 heterocycles. The molecule has 9 heteroatoms. The lowest BCUT2D eigenvalue weighted by Gasteiger charge is -2.14. The zero-order valence-electron chi connectivity index (χ0n) is 11.5. The predicted octanol–water partition coefficient (Wildman–Crippen LogP) is 3.12.